The van der Waals surface area contributed by atoms with Gasteiger partial charge in [-0.05, 0) is 49.1 Å². The molecule has 0 aliphatic carbocycles. The van der Waals surface area contributed by atoms with Crippen molar-refractivity contribution in [2.45, 2.75) is 19.8 Å². The third kappa shape index (κ3) is 2.97. The second kappa shape index (κ2) is 6.17. The number of benzene rings is 2. The van der Waals surface area contributed by atoms with E-state index in [9.17, 15) is 0 Å². The number of aryl methyl sites for hydroxylation is 1. The lowest BCUT2D eigenvalue weighted by Gasteiger charge is -2.19. The molecule has 0 bridgehead atoms. The molecule has 0 unspecified atom stereocenters. The number of fused-ring (bicyclic) bond motifs is 1. The van der Waals surface area contributed by atoms with Crippen LogP contribution < -0.4 is 10.1 Å². The Hall–Kier alpha value is -1.38. The van der Waals surface area contributed by atoms with Gasteiger partial charge in [-0.2, -0.15) is 0 Å². The van der Waals surface area contributed by atoms with E-state index in [-0.39, 0.29) is 0 Å². The zero-order chi connectivity index (χ0) is 14.8. The third-order valence-corrected chi connectivity index (χ3v) is 4.28. The van der Waals surface area contributed by atoms with Crippen LogP contribution in [0.5, 0.6) is 5.75 Å². The highest BCUT2D eigenvalue weighted by molar-refractivity contribution is 6.36. The molecule has 1 aliphatic rings. The normalized spacial score (nSPS) is 13.5. The Morgan fingerprint density at radius 3 is 2.81 bits per heavy atom. The van der Waals surface area contributed by atoms with Crippen LogP contribution in [-0.4, -0.2) is 13.2 Å². The molecule has 1 N–H and O–H groups in total. The molecule has 110 valence electrons. The largest absolute Gasteiger partial charge is 0.492 e. The summed E-state index contributed by atoms with van der Waals surface area (Å²) in [6, 6.07) is 10.1. The molecule has 3 rings (SSSR count). The first-order valence-electron chi connectivity index (χ1n) is 7.18. The van der Waals surface area contributed by atoms with Crippen molar-refractivity contribution >= 4 is 28.9 Å². The minimum Gasteiger partial charge on any atom is -0.492 e. The van der Waals surface area contributed by atoms with E-state index in [4.69, 9.17) is 27.9 Å². The maximum Gasteiger partial charge on any atom is 0.139 e. The lowest BCUT2D eigenvalue weighted by Crippen LogP contribution is -2.11. The average Bonchev–Trinajstić information content (AvgIpc) is 2.50. The second-order valence-electron chi connectivity index (χ2n) is 5.10. The molecule has 0 saturated carbocycles. The van der Waals surface area contributed by atoms with Crippen LogP contribution in [0.4, 0.5) is 5.69 Å². The summed E-state index contributed by atoms with van der Waals surface area (Å²) in [5, 5.41) is 4.66. The van der Waals surface area contributed by atoms with Crippen molar-refractivity contribution in [1.29, 1.82) is 0 Å². The van der Waals surface area contributed by atoms with E-state index in [1.165, 1.54) is 11.3 Å². The van der Waals surface area contributed by atoms with Gasteiger partial charge in [0.15, 0.2) is 0 Å². The second-order valence-corrected chi connectivity index (χ2v) is 5.91. The Kier molecular flexibility index (Phi) is 4.27. The number of hydrogen-bond donors (Lipinski definition) is 1. The Morgan fingerprint density at radius 1 is 1.14 bits per heavy atom. The van der Waals surface area contributed by atoms with Crippen LogP contribution in [0.15, 0.2) is 30.3 Å². The van der Waals surface area contributed by atoms with Crippen molar-refractivity contribution in [2.24, 2.45) is 0 Å². The van der Waals surface area contributed by atoms with Gasteiger partial charge in [0.25, 0.3) is 0 Å². The van der Waals surface area contributed by atoms with Crippen LogP contribution in [0.1, 0.15) is 18.9 Å². The summed E-state index contributed by atoms with van der Waals surface area (Å²) in [4.78, 5) is 0. The van der Waals surface area contributed by atoms with Gasteiger partial charge in [0, 0.05) is 23.9 Å². The van der Waals surface area contributed by atoms with Crippen LogP contribution in [0, 0.1) is 0 Å². The smallest absolute Gasteiger partial charge is 0.139 e. The fourth-order valence-corrected chi connectivity index (χ4v) is 3.14. The highest BCUT2D eigenvalue weighted by Crippen LogP contribution is 2.38. The summed E-state index contributed by atoms with van der Waals surface area (Å²) in [6.07, 6.45) is 2.26. The highest BCUT2D eigenvalue weighted by atomic mass is 35.5. The van der Waals surface area contributed by atoms with Crippen LogP contribution in [0.3, 0.4) is 0 Å². The molecule has 0 radical (unpaired) electrons. The topological polar surface area (TPSA) is 21.3 Å². The Bertz CT molecular complexity index is 670. The molecule has 21 heavy (non-hydrogen) atoms. The first kappa shape index (κ1) is 14.6. The number of anilines is 1. The predicted octanol–water partition coefficient (Wildman–Crippen LogP) is 5.42. The first-order valence-corrected chi connectivity index (χ1v) is 7.93. The van der Waals surface area contributed by atoms with Crippen molar-refractivity contribution in [2.75, 3.05) is 18.5 Å². The lowest BCUT2D eigenvalue weighted by molar-refractivity contribution is 0.340. The van der Waals surface area contributed by atoms with Crippen LogP contribution in [0.2, 0.25) is 10.0 Å². The lowest BCUT2D eigenvalue weighted by atomic mass is 9.97. The third-order valence-electron chi connectivity index (χ3n) is 3.68. The zero-order valence-corrected chi connectivity index (χ0v) is 13.4. The summed E-state index contributed by atoms with van der Waals surface area (Å²) in [5.74, 6) is 0.632. The molecule has 1 heterocycles. The van der Waals surface area contributed by atoms with Gasteiger partial charge in [-0.3, -0.25) is 0 Å². The molecule has 4 heteroatoms. The Balaban J connectivity index is 2.02. The van der Waals surface area contributed by atoms with Gasteiger partial charge in [-0.1, -0.05) is 29.3 Å². The Morgan fingerprint density at radius 2 is 2.00 bits per heavy atom. The molecule has 2 aromatic rings. The molecule has 0 spiro atoms. The van der Waals surface area contributed by atoms with Crippen molar-refractivity contribution in [1.82, 2.24) is 0 Å². The predicted molar refractivity (Wildman–Crippen MR) is 89.9 cm³/mol. The summed E-state index contributed by atoms with van der Waals surface area (Å²) >= 11 is 12.7. The van der Waals surface area contributed by atoms with Crippen molar-refractivity contribution in [3.63, 3.8) is 0 Å². The van der Waals surface area contributed by atoms with E-state index in [1.54, 1.807) is 6.07 Å². The van der Waals surface area contributed by atoms with Crippen LogP contribution in [-0.2, 0) is 6.42 Å². The molecular weight excluding hydrogens is 305 g/mol. The molecular formula is C17H17Cl2NO. The molecule has 0 amide bonds. The molecule has 2 aromatic carbocycles. The van der Waals surface area contributed by atoms with Crippen molar-refractivity contribution in [3.8, 4) is 16.9 Å². The quantitative estimate of drug-likeness (QED) is 0.815. The molecule has 0 fully saturated rings. The van der Waals surface area contributed by atoms with Gasteiger partial charge in [-0.25, -0.2) is 0 Å². The molecule has 0 saturated heterocycles. The molecule has 1 aliphatic heterocycles. The summed E-state index contributed by atoms with van der Waals surface area (Å²) < 4.78 is 5.47. The van der Waals surface area contributed by atoms with Crippen molar-refractivity contribution < 1.29 is 4.74 Å². The van der Waals surface area contributed by atoms with Gasteiger partial charge < -0.3 is 10.1 Å². The summed E-state index contributed by atoms with van der Waals surface area (Å²) in [6.45, 7) is 3.54. The van der Waals surface area contributed by atoms with Gasteiger partial charge in [-0.15, -0.1) is 0 Å². The van der Waals surface area contributed by atoms with Crippen LogP contribution >= 0.6 is 23.2 Å². The SMILES string of the molecule is CCOc1cc(Cl)c(-c2ccc3c(c2)CCCN3)cc1Cl. The van der Waals surface area contributed by atoms with E-state index < -0.39 is 0 Å². The number of rotatable bonds is 3. The molecule has 2 nitrogen and oxygen atoms in total. The Labute approximate surface area is 135 Å². The fraction of sp³-hybridized carbons (Fsp3) is 0.294. The van der Waals surface area contributed by atoms with Gasteiger partial charge >= 0.3 is 0 Å². The number of nitrogens with one attached hydrogen (secondary N) is 1. The maximum atomic E-state index is 6.40. The van der Waals surface area contributed by atoms with E-state index >= 15 is 0 Å². The number of ether oxygens (including phenoxy) is 1. The van der Waals surface area contributed by atoms with E-state index in [2.05, 4.69) is 23.5 Å². The van der Waals surface area contributed by atoms with E-state index in [0.717, 1.165) is 30.5 Å². The van der Waals surface area contributed by atoms with E-state index in [0.29, 0.717) is 22.4 Å². The summed E-state index contributed by atoms with van der Waals surface area (Å²) in [5.41, 5.74) is 4.59. The van der Waals surface area contributed by atoms with E-state index in [1.807, 2.05) is 13.0 Å². The molecule has 0 atom stereocenters. The monoisotopic (exact) mass is 321 g/mol. The summed E-state index contributed by atoms with van der Waals surface area (Å²) in [7, 11) is 0. The van der Waals surface area contributed by atoms with Crippen molar-refractivity contribution in [3.05, 3.63) is 45.9 Å². The highest BCUT2D eigenvalue weighted by Gasteiger charge is 2.13. The van der Waals surface area contributed by atoms with Gasteiger partial charge in [0.1, 0.15) is 5.75 Å². The minimum absolute atomic E-state index is 0.569. The number of halogens is 2. The maximum absolute atomic E-state index is 6.40. The standard InChI is InChI=1S/C17H17Cl2NO/c1-2-21-17-10-14(18)13(9-15(17)19)11-5-6-16-12(8-11)4-3-7-20-16/h5-6,8-10,20H,2-4,7H2,1H3. The fourth-order valence-electron chi connectivity index (χ4n) is 2.66. The minimum atomic E-state index is 0.569. The van der Waals surface area contributed by atoms with Crippen LogP contribution in [0.25, 0.3) is 11.1 Å². The first-order chi connectivity index (χ1) is 10.2. The van der Waals surface area contributed by atoms with Gasteiger partial charge in [0.05, 0.1) is 16.7 Å². The molecule has 0 aromatic heterocycles. The zero-order valence-electron chi connectivity index (χ0n) is 11.9. The number of hydrogen-bond acceptors (Lipinski definition) is 2. The van der Waals surface area contributed by atoms with Gasteiger partial charge in [0.2, 0.25) is 0 Å². The average molecular weight is 322 g/mol.